The van der Waals surface area contributed by atoms with Crippen molar-refractivity contribution in [2.75, 3.05) is 19.6 Å². The van der Waals surface area contributed by atoms with Gasteiger partial charge in [0.1, 0.15) is 6.04 Å². The maximum absolute atomic E-state index is 11.4. The Bertz CT molecular complexity index is 217. The lowest BCUT2D eigenvalue weighted by atomic mass is 10.1. The number of nitrogens with one attached hydrogen (secondary N) is 2. The molecule has 2 amide bonds. The lowest BCUT2D eigenvalue weighted by Crippen LogP contribution is -2.56. The zero-order valence-corrected chi connectivity index (χ0v) is 7.67. The Morgan fingerprint density at radius 1 is 1.62 bits per heavy atom. The van der Waals surface area contributed by atoms with E-state index in [1.807, 2.05) is 0 Å². The molecule has 5 heteroatoms. The Kier molecular flexibility index (Phi) is 3.25. The van der Waals surface area contributed by atoms with Gasteiger partial charge in [-0.05, 0) is 0 Å². The molecular formula is C8H14N3O2. The lowest BCUT2D eigenvalue weighted by Gasteiger charge is -2.33. The molecule has 1 aliphatic heterocycles. The van der Waals surface area contributed by atoms with Crippen LogP contribution in [0.2, 0.25) is 0 Å². The fourth-order valence-corrected chi connectivity index (χ4v) is 1.47. The second kappa shape index (κ2) is 4.23. The van der Waals surface area contributed by atoms with Gasteiger partial charge in [0, 0.05) is 26.1 Å². The Morgan fingerprint density at radius 2 is 2.31 bits per heavy atom. The Balaban J connectivity index is 2.67. The highest BCUT2D eigenvalue weighted by atomic mass is 16.2. The van der Waals surface area contributed by atoms with E-state index in [1.54, 1.807) is 6.92 Å². The van der Waals surface area contributed by atoms with Gasteiger partial charge in [0.15, 0.2) is 5.78 Å². The third kappa shape index (κ3) is 2.18. The summed E-state index contributed by atoms with van der Waals surface area (Å²) in [6.45, 7) is 3.37. The summed E-state index contributed by atoms with van der Waals surface area (Å²) < 4.78 is 0. The van der Waals surface area contributed by atoms with Gasteiger partial charge in [0.05, 0.1) is 0 Å². The summed E-state index contributed by atoms with van der Waals surface area (Å²) >= 11 is 0. The van der Waals surface area contributed by atoms with E-state index in [0.29, 0.717) is 26.1 Å². The van der Waals surface area contributed by atoms with Crippen molar-refractivity contribution in [3.8, 4) is 0 Å². The predicted octanol–water partition coefficient (Wildman–Crippen LogP) is -0.358. The van der Waals surface area contributed by atoms with Crippen LogP contribution in [0.25, 0.3) is 0 Å². The van der Waals surface area contributed by atoms with Gasteiger partial charge in [0.25, 0.3) is 0 Å². The molecule has 1 unspecified atom stereocenters. The molecule has 2 N–H and O–H groups in total. The number of Topliss-reactive ketones (excluding diaryl/α,β-unsaturated/α-hetero) is 1. The Morgan fingerprint density at radius 3 is 2.85 bits per heavy atom. The summed E-state index contributed by atoms with van der Waals surface area (Å²) in [4.78, 5) is 23.5. The molecule has 1 aliphatic rings. The first-order chi connectivity index (χ1) is 6.16. The number of piperazine rings is 1. The number of rotatable bonds is 2. The molecule has 0 saturated carbocycles. The van der Waals surface area contributed by atoms with Gasteiger partial charge in [0.2, 0.25) is 0 Å². The van der Waals surface area contributed by atoms with Crippen LogP contribution in [0.5, 0.6) is 0 Å². The summed E-state index contributed by atoms with van der Waals surface area (Å²) in [7, 11) is 0. The molecule has 0 aromatic heterocycles. The van der Waals surface area contributed by atoms with Crippen molar-refractivity contribution in [1.82, 2.24) is 16.0 Å². The molecule has 1 atom stereocenters. The van der Waals surface area contributed by atoms with Crippen LogP contribution in [-0.2, 0) is 4.79 Å². The Hall–Kier alpha value is -1.10. The highest BCUT2D eigenvalue weighted by Gasteiger charge is 2.29. The van der Waals surface area contributed by atoms with Crippen molar-refractivity contribution in [2.45, 2.75) is 19.4 Å². The van der Waals surface area contributed by atoms with Crippen LogP contribution in [0.4, 0.5) is 4.79 Å². The zero-order chi connectivity index (χ0) is 9.84. The van der Waals surface area contributed by atoms with Gasteiger partial charge in [-0.2, -0.15) is 0 Å². The number of hydrogen-bond donors (Lipinski definition) is 1. The van der Waals surface area contributed by atoms with Gasteiger partial charge in [-0.25, -0.2) is 10.5 Å². The fraction of sp³-hybridized carbons (Fsp3) is 0.750. The van der Waals surface area contributed by atoms with Crippen LogP contribution in [0.3, 0.4) is 0 Å². The van der Waals surface area contributed by atoms with Crippen molar-refractivity contribution in [3.05, 3.63) is 0 Å². The van der Waals surface area contributed by atoms with Crippen molar-refractivity contribution in [2.24, 2.45) is 0 Å². The minimum atomic E-state index is -0.756. The number of carbonyl (C=O) groups is 2. The van der Waals surface area contributed by atoms with E-state index < -0.39 is 12.1 Å². The number of nitrogens with zero attached hydrogens (tertiary/aromatic N) is 1. The molecule has 0 aromatic rings. The van der Waals surface area contributed by atoms with Crippen LogP contribution in [0.15, 0.2) is 0 Å². The SMILES string of the molecule is CCC(=O)C1CNCCN1C([NH])=O. The number of carbonyl (C=O) groups excluding carboxylic acids is 2. The molecular weight excluding hydrogens is 170 g/mol. The summed E-state index contributed by atoms with van der Waals surface area (Å²) in [5, 5.41) is 3.04. The minimum Gasteiger partial charge on any atom is -0.312 e. The van der Waals surface area contributed by atoms with E-state index in [0.717, 1.165) is 0 Å². The van der Waals surface area contributed by atoms with E-state index in [-0.39, 0.29) is 5.78 Å². The van der Waals surface area contributed by atoms with E-state index in [1.165, 1.54) is 4.90 Å². The largest absolute Gasteiger partial charge is 0.336 e. The van der Waals surface area contributed by atoms with Crippen LogP contribution in [0, 0.1) is 0 Å². The molecule has 1 fully saturated rings. The first-order valence-corrected chi connectivity index (χ1v) is 4.42. The molecule has 73 valence electrons. The van der Waals surface area contributed by atoms with Crippen LogP contribution in [-0.4, -0.2) is 42.4 Å². The highest BCUT2D eigenvalue weighted by molar-refractivity contribution is 5.88. The normalized spacial score (nSPS) is 22.8. The van der Waals surface area contributed by atoms with E-state index in [9.17, 15) is 9.59 Å². The molecule has 13 heavy (non-hydrogen) atoms. The standard InChI is InChI=1S/C8H14N3O2/c1-2-7(12)6-5-10-3-4-11(6)8(9)13/h6,9-10H,2-5H2,1H3. The number of hydrogen-bond acceptors (Lipinski definition) is 3. The van der Waals surface area contributed by atoms with Crippen molar-refractivity contribution >= 4 is 11.8 Å². The van der Waals surface area contributed by atoms with Crippen molar-refractivity contribution < 1.29 is 9.59 Å². The first-order valence-electron chi connectivity index (χ1n) is 4.42. The molecule has 0 aliphatic carbocycles. The van der Waals surface area contributed by atoms with Gasteiger partial charge >= 0.3 is 6.03 Å². The van der Waals surface area contributed by atoms with Crippen LogP contribution in [0.1, 0.15) is 13.3 Å². The second-order valence-electron chi connectivity index (χ2n) is 3.04. The maximum atomic E-state index is 11.4. The maximum Gasteiger partial charge on any atom is 0.336 e. The van der Waals surface area contributed by atoms with Crippen LogP contribution < -0.4 is 11.1 Å². The smallest absolute Gasteiger partial charge is 0.312 e. The fourth-order valence-electron chi connectivity index (χ4n) is 1.47. The highest BCUT2D eigenvalue weighted by Crippen LogP contribution is 2.06. The summed E-state index contributed by atoms with van der Waals surface area (Å²) in [5.41, 5.74) is 6.98. The third-order valence-electron chi connectivity index (χ3n) is 2.22. The van der Waals surface area contributed by atoms with Crippen molar-refractivity contribution in [1.29, 1.82) is 0 Å². The first kappa shape index (κ1) is 9.98. The average molecular weight is 184 g/mol. The molecule has 0 aromatic carbocycles. The molecule has 5 nitrogen and oxygen atoms in total. The second-order valence-corrected chi connectivity index (χ2v) is 3.04. The third-order valence-corrected chi connectivity index (χ3v) is 2.22. The predicted molar refractivity (Wildman–Crippen MR) is 47.2 cm³/mol. The molecule has 1 saturated heterocycles. The topological polar surface area (TPSA) is 73.2 Å². The summed E-state index contributed by atoms with van der Waals surface area (Å²) in [6, 6.07) is -1.18. The molecule has 1 rings (SSSR count). The Labute approximate surface area is 77.3 Å². The van der Waals surface area contributed by atoms with Crippen LogP contribution >= 0.6 is 0 Å². The van der Waals surface area contributed by atoms with Gasteiger partial charge in [-0.1, -0.05) is 6.92 Å². The van der Waals surface area contributed by atoms with Gasteiger partial charge in [-0.3, -0.25) is 4.79 Å². The number of amides is 2. The molecule has 1 heterocycles. The minimum absolute atomic E-state index is 0.0211. The van der Waals surface area contributed by atoms with Crippen molar-refractivity contribution in [3.63, 3.8) is 0 Å². The van der Waals surface area contributed by atoms with E-state index in [4.69, 9.17) is 5.73 Å². The van der Waals surface area contributed by atoms with Gasteiger partial charge < -0.3 is 10.2 Å². The zero-order valence-electron chi connectivity index (χ0n) is 7.67. The number of urea groups is 1. The quantitative estimate of drug-likeness (QED) is 0.637. The summed E-state index contributed by atoms with van der Waals surface area (Å²) in [6.07, 6.45) is 0.413. The number of ketones is 1. The molecule has 1 radical (unpaired) electrons. The average Bonchev–Trinajstić information content (AvgIpc) is 2.16. The lowest BCUT2D eigenvalue weighted by molar-refractivity contribution is -0.123. The monoisotopic (exact) mass is 184 g/mol. The van der Waals surface area contributed by atoms with Gasteiger partial charge in [-0.15, -0.1) is 0 Å². The molecule has 0 spiro atoms. The van der Waals surface area contributed by atoms with E-state index in [2.05, 4.69) is 5.32 Å². The molecule has 0 bridgehead atoms. The summed E-state index contributed by atoms with van der Waals surface area (Å²) in [5.74, 6) is 0.0211. The van der Waals surface area contributed by atoms with E-state index >= 15 is 0 Å².